The monoisotopic (exact) mass is 231 g/mol. The molecule has 0 radical (unpaired) electrons. The van der Waals surface area contributed by atoms with Crippen LogP contribution in [-0.4, -0.2) is 15.1 Å². The highest BCUT2D eigenvalue weighted by Gasteiger charge is 2.05. The number of para-hydroxylation sites is 1. The Morgan fingerprint density at radius 3 is 2.76 bits per heavy atom. The number of aromatic nitrogens is 2. The third kappa shape index (κ3) is 2.70. The van der Waals surface area contributed by atoms with Crippen LogP contribution in [0.4, 0.5) is 5.95 Å². The van der Waals surface area contributed by atoms with Gasteiger partial charge in [0.1, 0.15) is 5.75 Å². The van der Waals surface area contributed by atoms with Gasteiger partial charge < -0.3 is 15.6 Å². The summed E-state index contributed by atoms with van der Waals surface area (Å²) in [4.78, 5) is 7.92. The molecule has 0 fully saturated rings. The normalized spacial score (nSPS) is 10.2. The predicted octanol–water partition coefficient (Wildman–Crippen LogP) is 1.65. The summed E-state index contributed by atoms with van der Waals surface area (Å²) < 4.78 is 5.57. The number of anilines is 1. The van der Waals surface area contributed by atoms with Crippen molar-refractivity contribution in [3.63, 3.8) is 0 Å². The van der Waals surface area contributed by atoms with Crippen LogP contribution in [0.2, 0.25) is 0 Å². The zero-order chi connectivity index (χ0) is 12.3. The highest BCUT2D eigenvalue weighted by molar-refractivity contribution is 5.36. The van der Waals surface area contributed by atoms with Gasteiger partial charge in [0.05, 0.1) is 6.61 Å². The highest BCUT2D eigenvalue weighted by Crippen LogP contribution is 2.24. The molecule has 0 amide bonds. The molecule has 3 N–H and O–H groups in total. The molecular weight excluding hydrogens is 218 g/mol. The Morgan fingerprint density at radius 2 is 2.06 bits per heavy atom. The van der Waals surface area contributed by atoms with Crippen LogP contribution in [0, 0.1) is 6.92 Å². The lowest BCUT2D eigenvalue weighted by Gasteiger charge is -2.09. The number of ether oxygens (including phenoxy) is 1. The molecule has 0 unspecified atom stereocenters. The number of nitrogens with two attached hydrogens (primary N) is 1. The fourth-order valence-corrected chi connectivity index (χ4v) is 1.46. The summed E-state index contributed by atoms with van der Waals surface area (Å²) in [7, 11) is 0. The van der Waals surface area contributed by atoms with Crippen LogP contribution >= 0.6 is 0 Å². The number of rotatable bonds is 3. The van der Waals surface area contributed by atoms with Crippen LogP contribution in [-0.2, 0) is 6.61 Å². The van der Waals surface area contributed by atoms with Crippen molar-refractivity contribution >= 4 is 5.95 Å². The Kier molecular flexibility index (Phi) is 3.20. The lowest BCUT2D eigenvalue weighted by atomic mass is 10.2. The van der Waals surface area contributed by atoms with E-state index in [0.717, 1.165) is 5.69 Å². The smallest absolute Gasteiger partial charge is 0.224 e. The van der Waals surface area contributed by atoms with Gasteiger partial charge >= 0.3 is 0 Å². The minimum absolute atomic E-state index is 0.0876. The second-order valence-corrected chi connectivity index (χ2v) is 3.57. The van der Waals surface area contributed by atoms with E-state index >= 15 is 0 Å². The first-order chi connectivity index (χ1) is 8.19. The first-order valence-corrected chi connectivity index (χ1v) is 5.17. The molecule has 0 saturated heterocycles. The van der Waals surface area contributed by atoms with Crippen LogP contribution in [0.15, 0.2) is 30.3 Å². The Morgan fingerprint density at radius 1 is 1.29 bits per heavy atom. The third-order valence-electron chi connectivity index (χ3n) is 2.21. The molecular formula is C12H13N3O2. The summed E-state index contributed by atoms with van der Waals surface area (Å²) in [5.74, 6) is 1.10. The van der Waals surface area contributed by atoms with Gasteiger partial charge in [-0.1, -0.05) is 18.2 Å². The lowest BCUT2D eigenvalue weighted by molar-refractivity contribution is 0.276. The number of nitrogen functional groups attached to an aromatic ring is 1. The maximum Gasteiger partial charge on any atom is 0.224 e. The van der Waals surface area contributed by atoms with Gasteiger partial charge in [0.25, 0.3) is 0 Å². The number of aliphatic hydroxyl groups is 1. The zero-order valence-corrected chi connectivity index (χ0v) is 9.42. The first kappa shape index (κ1) is 11.3. The zero-order valence-electron chi connectivity index (χ0n) is 9.42. The average molecular weight is 231 g/mol. The topological polar surface area (TPSA) is 81.3 Å². The predicted molar refractivity (Wildman–Crippen MR) is 63.6 cm³/mol. The molecule has 0 spiro atoms. The Balaban J connectivity index is 2.31. The van der Waals surface area contributed by atoms with E-state index in [1.54, 1.807) is 18.2 Å². The van der Waals surface area contributed by atoms with Crippen LogP contribution in [0.25, 0.3) is 0 Å². The Hall–Kier alpha value is -2.14. The van der Waals surface area contributed by atoms with Gasteiger partial charge in [-0.25, -0.2) is 4.98 Å². The number of hydrogen-bond acceptors (Lipinski definition) is 5. The van der Waals surface area contributed by atoms with Crippen molar-refractivity contribution in [1.82, 2.24) is 9.97 Å². The van der Waals surface area contributed by atoms with E-state index < -0.39 is 0 Å². The van der Waals surface area contributed by atoms with Gasteiger partial charge in [-0.2, -0.15) is 4.98 Å². The van der Waals surface area contributed by atoms with E-state index in [9.17, 15) is 0 Å². The summed E-state index contributed by atoms with van der Waals surface area (Å²) in [6.45, 7) is 1.72. The molecule has 2 aromatic rings. The quantitative estimate of drug-likeness (QED) is 0.839. The van der Waals surface area contributed by atoms with Gasteiger partial charge in [-0.15, -0.1) is 0 Å². The van der Waals surface area contributed by atoms with Gasteiger partial charge in [-0.3, -0.25) is 0 Å². The molecule has 1 aromatic heterocycles. The summed E-state index contributed by atoms with van der Waals surface area (Å²) in [6.07, 6.45) is 0. The van der Waals surface area contributed by atoms with E-state index in [1.165, 1.54) is 0 Å². The molecule has 1 heterocycles. The largest absolute Gasteiger partial charge is 0.438 e. The molecule has 0 bridgehead atoms. The average Bonchev–Trinajstić information content (AvgIpc) is 2.28. The maximum atomic E-state index is 9.17. The standard InChI is InChI=1S/C12H13N3O2/c1-8-6-11(15-12(13)14-8)17-10-5-3-2-4-9(10)7-16/h2-6,16H,7H2,1H3,(H2,13,14,15). The molecule has 1 aromatic carbocycles. The van der Waals surface area contributed by atoms with Gasteiger partial charge in [0.2, 0.25) is 11.8 Å². The van der Waals surface area contributed by atoms with Gasteiger partial charge in [-0.05, 0) is 13.0 Å². The number of benzene rings is 1. The molecule has 17 heavy (non-hydrogen) atoms. The summed E-state index contributed by atoms with van der Waals surface area (Å²) >= 11 is 0. The fourth-order valence-electron chi connectivity index (χ4n) is 1.46. The molecule has 0 aliphatic carbocycles. The van der Waals surface area contributed by atoms with Crippen molar-refractivity contribution in [1.29, 1.82) is 0 Å². The van der Waals surface area contributed by atoms with E-state index in [0.29, 0.717) is 17.2 Å². The minimum atomic E-state index is -0.0876. The lowest BCUT2D eigenvalue weighted by Crippen LogP contribution is -1.99. The number of aliphatic hydroxyl groups excluding tert-OH is 1. The van der Waals surface area contributed by atoms with E-state index in [4.69, 9.17) is 15.6 Å². The third-order valence-corrected chi connectivity index (χ3v) is 2.21. The molecule has 0 aliphatic rings. The van der Waals surface area contributed by atoms with Crippen molar-refractivity contribution in [2.24, 2.45) is 0 Å². The highest BCUT2D eigenvalue weighted by atomic mass is 16.5. The van der Waals surface area contributed by atoms with E-state index in [2.05, 4.69) is 9.97 Å². The molecule has 0 aliphatic heterocycles. The number of nitrogens with zero attached hydrogens (tertiary/aromatic N) is 2. The molecule has 2 rings (SSSR count). The van der Waals surface area contributed by atoms with Crippen molar-refractivity contribution < 1.29 is 9.84 Å². The van der Waals surface area contributed by atoms with Crippen molar-refractivity contribution in [2.75, 3.05) is 5.73 Å². The minimum Gasteiger partial charge on any atom is -0.438 e. The molecule has 5 heteroatoms. The van der Waals surface area contributed by atoms with Crippen molar-refractivity contribution in [2.45, 2.75) is 13.5 Å². The molecule has 88 valence electrons. The Labute approximate surface area is 98.9 Å². The molecule has 0 atom stereocenters. The van der Waals surface area contributed by atoms with E-state index in [1.807, 2.05) is 19.1 Å². The molecule has 5 nitrogen and oxygen atoms in total. The fraction of sp³-hybridized carbons (Fsp3) is 0.167. The summed E-state index contributed by atoms with van der Waals surface area (Å²) in [6, 6.07) is 8.89. The van der Waals surface area contributed by atoms with Crippen molar-refractivity contribution in [3.05, 3.63) is 41.6 Å². The SMILES string of the molecule is Cc1cc(Oc2ccccc2CO)nc(N)n1. The van der Waals surface area contributed by atoms with Gasteiger partial charge in [0.15, 0.2) is 0 Å². The van der Waals surface area contributed by atoms with Crippen LogP contribution in [0.3, 0.4) is 0 Å². The van der Waals surface area contributed by atoms with Crippen LogP contribution in [0.5, 0.6) is 11.6 Å². The maximum absolute atomic E-state index is 9.17. The summed E-state index contributed by atoms with van der Waals surface area (Å²) in [5.41, 5.74) is 6.96. The number of hydrogen-bond donors (Lipinski definition) is 2. The number of aryl methyl sites for hydroxylation is 1. The van der Waals surface area contributed by atoms with E-state index in [-0.39, 0.29) is 12.6 Å². The van der Waals surface area contributed by atoms with Gasteiger partial charge in [0, 0.05) is 17.3 Å². The molecule has 0 saturated carbocycles. The van der Waals surface area contributed by atoms with Crippen LogP contribution < -0.4 is 10.5 Å². The summed E-state index contributed by atoms with van der Waals surface area (Å²) in [5, 5.41) is 9.17. The Bertz CT molecular complexity index is 509. The van der Waals surface area contributed by atoms with Crippen molar-refractivity contribution in [3.8, 4) is 11.6 Å². The van der Waals surface area contributed by atoms with Crippen LogP contribution in [0.1, 0.15) is 11.3 Å². The first-order valence-electron chi connectivity index (χ1n) is 5.17. The second kappa shape index (κ2) is 4.80. The second-order valence-electron chi connectivity index (χ2n) is 3.57.